The van der Waals surface area contributed by atoms with Crippen LogP contribution in [0.1, 0.15) is 27.7 Å². The predicted molar refractivity (Wildman–Crippen MR) is 68.4 cm³/mol. The van der Waals surface area contributed by atoms with Gasteiger partial charge < -0.3 is 19.5 Å². The van der Waals surface area contributed by atoms with E-state index in [1.807, 2.05) is 33.8 Å². The maximum Gasteiger partial charge on any atom is 0.410 e. The van der Waals surface area contributed by atoms with Gasteiger partial charge in [0.15, 0.2) is 0 Å². The molecular weight excluding hydrogens is 234 g/mol. The number of ether oxygens (including phenoxy) is 2. The third-order valence-electron chi connectivity index (χ3n) is 2.46. The summed E-state index contributed by atoms with van der Waals surface area (Å²) < 4.78 is 10.8. The number of rotatable bonds is 2. The zero-order valence-corrected chi connectivity index (χ0v) is 11.6. The molecule has 0 aliphatic carbocycles. The number of hydrogen-bond donors (Lipinski definition) is 1. The van der Waals surface area contributed by atoms with Crippen molar-refractivity contribution in [3.63, 3.8) is 0 Å². The molecule has 0 saturated carbocycles. The highest BCUT2D eigenvalue weighted by Gasteiger charge is 2.27. The molecule has 18 heavy (non-hydrogen) atoms. The molecule has 104 valence electrons. The Kier molecular flexibility index (Phi) is 5.16. The number of aliphatic hydroxyl groups is 1. The second-order valence-corrected chi connectivity index (χ2v) is 5.51. The lowest BCUT2D eigenvalue weighted by molar-refractivity contribution is -0.0266. The number of carbonyl (C=O) groups excluding carboxylic acids is 1. The first kappa shape index (κ1) is 15.0. The molecule has 0 radical (unpaired) electrons. The van der Waals surface area contributed by atoms with Crippen LogP contribution in [0.4, 0.5) is 4.79 Å². The minimum atomic E-state index is -0.484. The van der Waals surface area contributed by atoms with Crippen LogP contribution in [0.2, 0.25) is 0 Å². The van der Waals surface area contributed by atoms with Gasteiger partial charge in [-0.3, -0.25) is 0 Å². The van der Waals surface area contributed by atoms with E-state index in [9.17, 15) is 4.79 Å². The first-order valence-corrected chi connectivity index (χ1v) is 6.19. The van der Waals surface area contributed by atoms with Crippen LogP contribution in [0.3, 0.4) is 0 Å². The highest BCUT2D eigenvalue weighted by Crippen LogP contribution is 2.14. The molecule has 0 spiro atoms. The van der Waals surface area contributed by atoms with Gasteiger partial charge >= 0.3 is 6.09 Å². The lowest BCUT2D eigenvalue weighted by Crippen LogP contribution is -2.47. The summed E-state index contributed by atoms with van der Waals surface area (Å²) in [4.78, 5) is 13.5. The Bertz CT molecular complexity index is 319. The van der Waals surface area contributed by atoms with Crippen molar-refractivity contribution in [2.75, 3.05) is 26.3 Å². The first-order chi connectivity index (χ1) is 8.31. The summed E-state index contributed by atoms with van der Waals surface area (Å²) in [5.41, 5.74) is 0.355. The maximum absolute atomic E-state index is 11.9. The number of carbonyl (C=O) groups is 1. The van der Waals surface area contributed by atoms with Gasteiger partial charge in [0.05, 0.1) is 25.9 Å². The fourth-order valence-corrected chi connectivity index (χ4v) is 1.64. The molecule has 1 heterocycles. The van der Waals surface area contributed by atoms with Crippen LogP contribution in [0.25, 0.3) is 0 Å². The average Bonchev–Trinajstić information content (AvgIpc) is 2.27. The fraction of sp³-hybridized carbons (Fsp3) is 0.769. The Morgan fingerprint density at radius 2 is 2.22 bits per heavy atom. The van der Waals surface area contributed by atoms with Gasteiger partial charge in [-0.2, -0.15) is 0 Å². The van der Waals surface area contributed by atoms with Crippen LogP contribution >= 0.6 is 0 Å². The van der Waals surface area contributed by atoms with Crippen molar-refractivity contribution in [1.82, 2.24) is 4.90 Å². The minimum Gasteiger partial charge on any atom is -0.444 e. The van der Waals surface area contributed by atoms with E-state index in [0.29, 0.717) is 19.7 Å². The lowest BCUT2D eigenvalue weighted by Gasteiger charge is -2.33. The van der Waals surface area contributed by atoms with Crippen LogP contribution in [-0.2, 0) is 9.47 Å². The Morgan fingerprint density at radius 3 is 2.78 bits per heavy atom. The van der Waals surface area contributed by atoms with E-state index in [1.54, 1.807) is 4.90 Å². The molecule has 1 fully saturated rings. The molecule has 1 rings (SSSR count). The molecule has 1 amide bonds. The molecule has 1 aliphatic heterocycles. The van der Waals surface area contributed by atoms with Crippen molar-refractivity contribution in [2.24, 2.45) is 0 Å². The SMILES string of the molecule is C/C(=C\[C@H]1CN(C(=O)OC(C)(C)C)CCO1)CO. The van der Waals surface area contributed by atoms with Gasteiger partial charge in [-0.05, 0) is 33.3 Å². The van der Waals surface area contributed by atoms with Gasteiger partial charge in [-0.15, -0.1) is 0 Å². The van der Waals surface area contributed by atoms with Crippen LogP contribution in [0, 0.1) is 0 Å². The highest BCUT2D eigenvalue weighted by atomic mass is 16.6. The monoisotopic (exact) mass is 257 g/mol. The zero-order chi connectivity index (χ0) is 13.8. The van der Waals surface area contributed by atoms with E-state index >= 15 is 0 Å². The zero-order valence-electron chi connectivity index (χ0n) is 11.6. The summed E-state index contributed by atoms with van der Waals surface area (Å²) in [7, 11) is 0. The summed E-state index contributed by atoms with van der Waals surface area (Å²) in [5, 5.41) is 8.96. The number of morpholine rings is 1. The van der Waals surface area contributed by atoms with Crippen molar-refractivity contribution in [3.05, 3.63) is 11.6 Å². The standard InChI is InChI=1S/C13H23NO4/c1-10(9-15)7-11-8-14(5-6-17-11)12(16)18-13(2,3)4/h7,11,15H,5-6,8-9H2,1-4H3/b10-7+/t11-/m0/s1. The molecule has 5 nitrogen and oxygen atoms in total. The van der Waals surface area contributed by atoms with Gasteiger partial charge in [0.25, 0.3) is 0 Å². The molecule has 1 atom stereocenters. The lowest BCUT2D eigenvalue weighted by atomic mass is 10.2. The number of nitrogens with zero attached hydrogens (tertiary/aromatic N) is 1. The summed E-state index contributed by atoms with van der Waals surface area (Å²) >= 11 is 0. The van der Waals surface area contributed by atoms with Gasteiger partial charge in [0.1, 0.15) is 5.60 Å². The van der Waals surface area contributed by atoms with Crippen molar-refractivity contribution in [3.8, 4) is 0 Å². The van der Waals surface area contributed by atoms with E-state index in [4.69, 9.17) is 14.6 Å². The second-order valence-electron chi connectivity index (χ2n) is 5.51. The molecule has 0 bridgehead atoms. The number of amides is 1. The van der Waals surface area contributed by atoms with E-state index in [-0.39, 0.29) is 18.8 Å². The second kappa shape index (κ2) is 6.20. The third-order valence-corrected chi connectivity index (χ3v) is 2.46. The van der Waals surface area contributed by atoms with Crippen LogP contribution in [0.5, 0.6) is 0 Å². The van der Waals surface area contributed by atoms with Gasteiger partial charge in [0.2, 0.25) is 0 Å². The summed E-state index contributed by atoms with van der Waals surface area (Å²) in [5.74, 6) is 0. The van der Waals surface area contributed by atoms with Crippen molar-refractivity contribution < 1.29 is 19.4 Å². The van der Waals surface area contributed by atoms with Crippen molar-refractivity contribution >= 4 is 6.09 Å². The minimum absolute atomic E-state index is 0.00625. The van der Waals surface area contributed by atoms with E-state index < -0.39 is 5.60 Å². The van der Waals surface area contributed by atoms with Crippen LogP contribution < -0.4 is 0 Å². The largest absolute Gasteiger partial charge is 0.444 e. The van der Waals surface area contributed by atoms with E-state index in [0.717, 1.165) is 5.57 Å². The molecule has 0 aromatic carbocycles. The first-order valence-electron chi connectivity index (χ1n) is 6.19. The molecule has 5 heteroatoms. The Balaban J connectivity index is 2.56. The Morgan fingerprint density at radius 1 is 1.56 bits per heavy atom. The molecule has 0 aromatic rings. The topological polar surface area (TPSA) is 59.0 Å². The van der Waals surface area contributed by atoms with E-state index in [1.165, 1.54) is 0 Å². The number of aliphatic hydroxyl groups excluding tert-OH is 1. The summed E-state index contributed by atoms with van der Waals surface area (Å²) in [6, 6.07) is 0. The van der Waals surface area contributed by atoms with Gasteiger partial charge in [-0.1, -0.05) is 6.08 Å². The molecule has 1 saturated heterocycles. The molecule has 1 aliphatic rings. The summed E-state index contributed by atoms with van der Waals surface area (Å²) in [6.07, 6.45) is 1.36. The van der Waals surface area contributed by atoms with Crippen molar-refractivity contribution in [2.45, 2.75) is 39.4 Å². The van der Waals surface area contributed by atoms with Crippen LogP contribution in [0.15, 0.2) is 11.6 Å². The molecular formula is C13H23NO4. The smallest absolute Gasteiger partial charge is 0.410 e. The highest BCUT2D eigenvalue weighted by molar-refractivity contribution is 5.68. The third kappa shape index (κ3) is 5.06. The van der Waals surface area contributed by atoms with Crippen LogP contribution in [-0.4, -0.2) is 54.1 Å². The van der Waals surface area contributed by atoms with Crippen molar-refractivity contribution in [1.29, 1.82) is 0 Å². The molecule has 1 N–H and O–H groups in total. The maximum atomic E-state index is 11.9. The summed E-state index contributed by atoms with van der Waals surface area (Å²) in [6.45, 7) is 8.86. The fourth-order valence-electron chi connectivity index (χ4n) is 1.64. The quantitative estimate of drug-likeness (QED) is 0.763. The average molecular weight is 257 g/mol. The normalized spacial score (nSPS) is 21.9. The predicted octanol–water partition coefficient (Wildman–Crippen LogP) is 1.56. The molecule has 0 aromatic heterocycles. The number of hydrogen-bond acceptors (Lipinski definition) is 4. The molecule has 0 unspecified atom stereocenters. The van der Waals surface area contributed by atoms with Gasteiger partial charge in [-0.25, -0.2) is 4.79 Å². The Hall–Kier alpha value is -1.07. The Labute approximate surface area is 108 Å². The van der Waals surface area contributed by atoms with E-state index in [2.05, 4.69) is 0 Å². The van der Waals surface area contributed by atoms with Gasteiger partial charge in [0, 0.05) is 6.54 Å².